The third-order valence-electron chi connectivity index (χ3n) is 5.96. The first-order valence-corrected chi connectivity index (χ1v) is 11.3. The molecule has 0 aliphatic heterocycles. The first-order chi connectivity index (χ1) is 15.6. The summed E-state index contributed by atoms with van der Waals surface area (Å²) in [6.45, 7) is 5.57. The van der Waals surface area contributed by atoms with Crippen LogP contribution < -0.4 is 0 Å². The highest BCUT2D eigenvalue weighted by Crippen LogP contribution is 2.42. The standard InChI is InChI=1S/C27H21Cl3O3/c1-13-19(4-7-22(31)25(13)28)16-10-17(20-5-8-23(32)26(29)14(20)2)12-18(11-16)21-6-9-24(33)27(30)15(21)3/h4-12,31-33H,1-3H3. The van der Waals surface area contributed by atoms with Gasteiger partial charge in [-0.3, -0.25) is 0 Å². The maximum absolute atomic E-state index is 10.0. The van der Waals surface area contributed by atoms with Crippen LogP contribution in [0.5, 0.6) is 17.2 Å². The van der Waals surface area contributed by atoms with Gasteiger partial charge in [-0.15, -0.1) is 0 Å². The molecule has 0 unspecified atom stereocenters. The zero-order chi connectivity index (χ0) is 24.0. The van der Waals surface area contributed by atoms with Gasteiger partial charge in [-0.05, 0) is 107 Å². The summed E-state index contributed by atoms with van der Waals surface area (Å²) in [6, 6.07) is 16.3. The molecule has 0 atom stereocenters. The Labute approximate surface area is 207 Å². The quantitative estimate of drug-likeness (QED) is 0.264. The Morgan fingerprint density at radius 1 is 0.455 bits per heavy atom. The van der Waals surface area contributed by atoms with Gasteiger partial charge in [-0.2, -0.15) is 0 Å². The molecule has 4 aromatic carbocycles. The Hall–Kier alpha value is -2.85. The molecule has 0 aromatic heterocycles. The predicted molar refractivity (Wildman–Crippen MR) is 137 cm³/mol. The van der Waals surface area contributed by atoms with Gasteiger partial charge in [0.1, 0.15) is 17.2 Å². The maximum Gasteiger partial charge on any atom is 0.134 e. The first-order valence-electron chi connectivity index (χ1n) is 10.2. The van der Waals surface area contributed by atoms with Gasteiger partial charge in [0.2, 0.25) is 0 Å². The lowest BCUT2D eigenvalue weighted by Gasteiger charge is -2.17. The molecule has 0 aliphatic rings. The van der Waals surface area contributed by atoms with E-state index in [9.17, 15) is 15.3 Å². The van der Waals surface area contributed by atoms with Gasteiger partial charge in [-0.25, -0.2) is 0 Å². The van der Waals surface area contributed by atoms with Gasteiger partial charge < -0.3 is 15.3 Å². The minimum absolute atomic E-state index is 0.0246. The monoisotopic (exact) mass is 498 g/mol. The van der Waals surface area contributed by atoms with Gasteiger partial charge in [0, 0.05) is 0 Å². The van der Waals surface area contributed by atoms with E-state index < -0.39 is 0 Å². The molecule has 0 radical (unpaired) electrons. The van der Waals surface area contributed by atoms with Crippen LogP contribution in [0.1, 0.15) is 16.7 Å². The van der Waals surface area contributed by atoms with Crippen molar-refractivity contribution in [2.75, 3.05) is 0 Å². The van der Waals surface area contributed by atoms with Crippen LogP contribution in [0.4, 0.5) is 0 Å². The van der Waals surface area contributed by atoms with Crippen LogP contribution in [-0.2, 0) is 0 Å². The molecule has 6 heteroatoms. The van der Waals surface area contributed by atoms with Crippen LogP contribution in [0.2, 0.25) is 15.1 Å². The third kappa shape index (κ3) is 4.13. The SMILES string of the molecule is Cc1c(-c2cc(-c3ccc(O)c(Cl)c3C)cc(-c3ccc(O)c(Cl)c3C)c2)ccc(O)c1Cl. The van der Waals surface area contributed by atoms with Crippen molar-refractivity contribution in [2.45, 2.75) is 20.8 Å². The van der Waals surface area contributed by atoms with Crippen LogP contribution >= 0.6 is 34.8 Å². The Bertz CT molecular complexity index is 1230. The van der Waals surface area contributed by atoms with Crippen LogP contribution in [0.3, 0.4) is 0 Å². The number of benzene rings is 4. The van der Waals surface area contributed by atoms with E-state index in [-0.39, 0.29) is 17.2 Å². The van der Waals surface area contributed by atoms with Gasteiger partial charge in [0.05, 0.1) is 15.1 Å². The van der Waals surface area contributed by atoms with Crippen molar-refractivity contribution in [2.24, 2.45) is 0 Å². The van der Waals surface area contributed by atoms with Crippen molar-refractivity contribution in [1.82, 2.24) is 0 Å². The molecule has 4 aromatic rings. The highest BCUT2D eigenvalue weighted by molar-refractivity contribution is 6.34. The van der Waals surface area contributed by atoms with Crippen LogP contribution in [0.25, 0.3) is 33.4 Å². The maximum atomic E-state index is 10.0. The molecule has 0 spiro atoms. The van der Waals surface area contributed by atoms with Crippen molar-refractivity contribution in [1.29, 1.82) is 0 Å². The summed E-state index contributed by atoms with van der Waals surface area (Å²) < 4.78 is 0. The molecule has 0 aliphatic carbocycles. The fraction of sp³-hybridized carbons (Fsp3) is 0.111. The Morgan fingerprint density at radius 3 is 0.939 bits per heavy atom. The minimum atomic E-state index is 0.0246. The lowest BCUT2D eigenvalue weighted by atomic mass is 9.89. The minimum Gasteiger partial charge on any atom is -0.506 e. The second-order valence-electron chi connectivity index (χ2n) is 8.01. The molecule has 0 bridgehead atoms. The third-order valence-corrected chi connectivity index (χ3v) is 7.40. The molecule has 0 saturated heterocycles. The average Bonchev–Trinajstić information content (AvgIpc) is 2.79. The fourth-order valence-corrected chi connectivity index (χ4v) is 4.54. The highest BCUT2D eigenvalue weighted by atomic mass is 35.5. The normalized spacial score (nSPS) is 11.1. The van der Waals surface area contributed by atoms with Crippen molar-refractivity contribution < 1.29 is 15.3 Å². The van der Waals surface area contributed by atoms with Gasteiger partial charge >= 0.3 is 0 Å². The molecule has 33 heavy (non-hydrogen) atoms. The van der Waals surface area contributed by atoms with E-state index in [0.717, 1.165) is 50.1 Å². The number of hydrogen-bond acceptors (Lipinski definition) is 3. The van der Waals surface area contributed by atoms with Crippen LogP contribution in [0, 0.1) is 20.8 Å². The highest BCUT2D eigenvalue weighted by Gasteiger charge is 2.17. The number of aromatic hydroxyl groups is 3. The van der Waals surface area contributed by atoms with Gasteiger partial charge in [0.15, 0.2) is 0 Å². The summed E-state index contributed by atoms with van der Waals surface area (Å²) in [5, 5.41) is 30.9. The number of rotatable bonds is 3. The number of halogens is 3. The largest absolute Gasteiger partial charge is 0.506 e. The summed E-state index contributed by atoms with van der Waals surface area (Å²) in [5.41, 5.74) is 7.50. The Morgan fingerprint density at radius 2 is 0.697 bits per heavy atom. The lowest BCUT2D eigenvalue weighted by Crippen LogP contribution is -1.92. The Balaban J connectivity index is 2.04. The average molecular weight is 500 g/mol. The second-order valence-corrected chi connectivity index (χ2v) is 9.15. The van der Waals surface area contributed by atoms with E-state index in [1.165, 1.54) is 0 Å². The smallest absolute Gasteiger partial charge is 0.134 e. The van der Waals surface area contributed by atoms with Crippen molar-refractivity contribution in [3.05, 3.63) is 86.4 Å². The molecular weight excluding hydrogens is 479 g/mol. The number of phenols is 3. The van der Waals surface area contributed by atoms with E-state index >= 15 is 0 Å². The Kier molecular flexibility index (Phi) is 6.24. The van der Waals surface area contributed by atoms with Crippen LogP contribution in [0.15, 0.2) is 54.6 Å². The predicted octanol–water partition coefficient (Wildman–Crippen LogP) is 8.69. The number of hydrogen-bond donors (Lipinski definition) is 3. The molecule has 0 fully saturated rings. The molecule has 4 rings (SSSR count). The van der Waals surface area contributed by atoms with Gasteiger partial charge in [0.25, 0.3) is 0 Å². The topological polar surface area (TPSA) is 60.7 Å². The first kappa shape index (κ1) is 23.3. The molecule has 0 saturated carbocycles. The van der Waals surface area contributed by atoms with E-state index in [2.05, 4.69) is 0 Å². The van der Waals surface area contributed by atoms with Crippen molar-refractivity contribution >= 4 is 34.8 Å². The molecule has 168 valence electrons. The van der Waals surface area contributed by atoms with Crippen LogP contribution in [-0.4, -0.2) is 15.3 Å². The van der Waals surface area contributed by atoms with Gasteiger partial charge in [-0.1, -0.05) is 53.0 Å². The summed E-state index contributed by atoms with van der Waals surface area (Å²) in [6.07, 6.45) is 0. The molecular formula is C27H21Cl3O3. The zero-order valence-corrected chi connectivity index (χ0v) is 20.4. The fourth-order valence-electron chi connectivity index (χ4n) is 4.04. The van der Waals surface area contributed by atoms with E-state index in [1.54, 1.807) is 18.2 Å². The zero-order valence-electron chi connectivity index (χ0n) is 18.2. The van der Waals surface area contributed by atoms with E-state index in [4.69, 9.17) is 34.8 Å². The van der Waals surface area contributed by atoms with E-state index in [0.29, 0.717) is 15.1 Å². The molecule has 0 amide bonds. The summed E-state index contributed by atoms with van der Waals surface area (Å²) >= 11 is 19.0. The summed E-state index contributed by atoms with van der Waals surface area (Å²) in [7, 11) is 0. The summed E-state index contributed by atoms with van der Waals surface area (Å²) in [4.78, 5) is 0. The van der Waals surface area contributed by atoms with E-state index in [1.807, 2.05) is 57.2 Å². The van der Waals surface area contributed by atoms with Crippen molar-refractivity contribution in [3.63, 3.8) is 0 Å². The number of phenolic OH excluding ortho intramolecular Hbond substituents is 3. The molecule has 3 N–H and O–H groups in total. The van der Waals surface area contributed by atoms with Crippen molar-refractivity contribution in [3.8, 4) is 50.6 Å². The molecule has 0 heterocycles. The molecule has 3 nitrogen and oxygen atoms in total. The second kappa shape index (κ2) is 8.83. The lowest BCUT2D eigenvalue weighted by molar-refractivity contribution is 0.474. The summed E-state index contributed by atoms with van der Waals surface area (Å²) in [5.74, 6) is 0.0739.